The number of halogens is 1. The Morgan fingerprint density at radius 3 is 2.52 bits per heavy atom. The van der Waals surface area contributed by atoms with E-state index in [0.717, 1.165) is 24.4 Å². The van der Waals surface area contributed by atoms with E-state index in [4.69, 9.17) is 11.6 Å². The third-order valence-corrected chi connectivity index (χ3v) is 3.86. The van der Waals surface area contributed by atoms with E-state index in [9.17, 15) is 0 Å². The third-order valence-electron chi connectivity index (χ3n) is 3.59. The summed E-state index contributed by atoms with van der Waals surface area (Å²) in [5.41, 5.74) is 1.48. The topological polar surface area (TPSA) is 66.3 Å². The van der Waals surface area contributed by atoms with Gasteiger partial charge in [-0.05, 0) is 6.42 Å². The van der Waals surface area contributed by atoms with Crippen LogP contribution >= 0.6 is 11.6 Å². The standard InChI is InChI=1S/C15H20ClN7/c1-4-5-6-7-13-18-15(14-12(16)10-22(3)20-14)23(19-13)11-8-17-21(2)9-11/h8-10H,4-7H2,1-3H3. The van der Waals surface area contributed by atoms with E-state index in [1.165, 1.54) is 12.8 Å². The lowest BCUT2D eigenvalue weighted by molar-refractivity contribution is 0.689. The van der Waals surface area contributed by atoms with Crippen LogP contribution in [-0.2, 0) is 20.5 Å². The number of nitrogens with zero attached hydrogens (tertiary/aromatic N) is 7. The minimum atomic E-state index is 0.560. The summed E-state index contributed by atoms with van der Waals surface area (Å²) in [5, 5.41) is 13.8. The van der Waals surface area contributed by atoms with E-state index < -0.39 is 0 Å². The van der Waals surface area contributed by atoms with Crippen LogP contribution in [0.25, 0.3) is 17.2 Å². The second kappa shape index (κ2) is 6.54. The highest BCUT2D eigenvalue weighted by Gasteiger charge is 2.19. The van der Waals surface area contributed by atoms with Crippen LogP contribution < -0.4 is 0 Å². The first kappa shape index (κ1) is 15.7. The Kier molecular flexibility index (Phi) is 4.47. The van der Waals surface area contributed by atoms with Crippen molar-refractivity contribution >= 4 is 11.6 Å². The van der Waals surface area contributed by atoms with E-state index in [1.54, 1.807) is 26.4 Å². The number of hydrogen-bond acceptors (Lipinski definition) is 4. The first-order valence-electron chi connectivity index (χ1n) is 7.73. The monoisotopic (exact) mass is 333 g/mol. The smallest absolute Gasteiger partial charge is 0.185 e. The molecule has 0 bridgehead atoms. The molecule has 0 radical (unpaired) electrons. The summed E-state index contributed by atoms with van der Waals surface area (Å²) in [7, 11) is 3.71. The quantitative estimate of drug-likeness (QED) is 0.650. The molecule has 3 heterocycles. The minimum absolute atomic E-state index is 0.560. The Morgan fingerprint density at radius 1 is 1.09 bits per heavy atom. The fraction of sp³-hybridized carbons (Fsp3) is 0.467. The molecule has 3 aromatic rings. The van der Waals surface area contributed by atoms with Crippen LogP contribution in [-0.4, -0.2) is 34.3 Å². The Bertz CT molecular complexity index is 799. The molecule has 0 N–H and O–H groups in total. The molecule has 8 heteroatoms. The van der Waals surface area contributed by atoms with Gasteiger partial charge in [0.15, 0.2) is 11.6 Å². The molecular weight excluding hydrogens is 314 g/mol. The normalized spacial score (nSPS) is 11.3. The van der Waals surface area contributed by atoms with Crippen molar-refractivity contribution in [2.75, 3.05) is 0 Å². The van der Waals surface area contributed by atoms with E-state index in [2.05, 4.69) is 27.2 Å². The number of aromatic nitrogens is 7. The van der Waals surface area contributed by atoms with E-state index in [1.807, 2.05) is 20.3 Å². The maximum absolute atomic E-state index is 6.30. The van der Waals surface area contributed by atoms with Gasteiger partial charge in [-0.3, -0.25) is 9.36 Å². The molecule has 0 amide bonds. The molecule has 0 saturated carbocycles. The SMILES string of the molecule is CCCCCc1nc(-c2nn(C)cc2Cl)n(-c2cnn(C)c2)n1. The largest absolute Gasteiger partial charge is 0.274 e. The number of unbranched alkanes of at least 4 members (excludes halogenated alkanes) is 2. The maximum Gasteiger partial charge on any atom is 0.185 e. The van der Waals surface area contributed by atoms with Crippen LogP contribution in [0.1, 0.15) is 32.0 Å². The molecule has 0 atom stereocenters. The summed E-state index contributed by atoms with van der Waals surface area (Å²) < 4.78 is 5.18. The zero-order valence-electron chi connectivity index (χ0n) is 13.6. The van der Waals surface area contributed by atoms with Crippen molar-refractivity contribution in [3.05, 3.63) is 29.4 Å². The Hall–Kier alpha value is -2.15. The molecular formula is C15H20ClN7. The van der Waals surface area contributed by atoms with Gasteiger partial charge >= 0.3 is 0 Å². The highest BCUT2D eigenvalue weighted by atomic mass is 35.5. The zero-order valence-corrected chi connectivity index (χ0v) is 14.3. The third kappa shape index (κ3) is 3.29. The predicted octanol–water partition coefficient (Wildman–Crippen LogP) is 2.79. The Labute approximate surface area is 139 Å². The highest BCUT2D eigenvalue weighted by molar-refractivity contribution is 6.32. The van der Waals surface area contributed by atoms with Gasteiger partial charge in [-0.1, -0.05) is 31.4 Å². The van der Waals surface area contributed by atoms with Gasteiger partial charge in [0, 0.05) is 26.7 Å². The summed E-state index contributed by atoms with van der Waals surface area (Å²) in [6.45, 7) is 2.18. The first-order chi connectivity index (χ1) is 11.1. The van der Waals surface area contributed by atoms with Gasteiger partial charge in [-0.15, -0.1) is 0 Å². The van der Waals surface area contributed by atoms with Crippen molar-refractivity contribution in [3.8, 4) is 17.2 Å². The molecule has 0 spiro atoms. The van der Waals surface area contributed by atoms with Gasteiger partial charge in [0.25, 0.3) is 0 Å². The lowest BCUT2D eigenvalue weighted by Crippen LogP contribution is -2.00. The van der Waals surface area contributed by atoms with Crippen LogP contribution in [0.2, 0.25) is 5.02 Å². The molecule has 0 saturated heterocycles. The lowest BCUT2D eigenvalue weighted by atomic mass is 10.2. The van der Waals surface area contributed by atoms with E-state index >= 15 is 0 Å². The Balaban J connectivity index is 2.03. The molecule has 0 unspecified atom stereocenters. The molecule has 23 heavy (non-hydrogen) atoms. The first-order valence-corrected chi connectivity index (χ1v) is 8.10. The van der Waals surface area contributed by atoms with Crippen LogP contribution in [0.5, 0.6) is 0 Å². The highest BCUT2D eigenvalue weighted by Crippen LogP contribution is 2.26. The summed E-state index contributed by atoms with van der Waals surface area (Å²) in [5.74, 6) is 1.45. The summed E-state index contributed by atoms with van der Waals surface area (Å²) in [6, 6.07) is 0. The second-order valence-corrected chi connectivity index (χ2v) is 6.00. The molecule has 0 aromatic carbocycles. The van der Waals surface area contributed by atoms with Crippen LogP contribution in [0.4, 0.5) is 0 Å². The zero-order chi connectivity index (χ0) is 16.4. The Morgan fingerprint density at radius 2 is 1.91 bits per heavy atom. The maximum atomic E-state index is 6.30. The van der Waals surface area contributed by atoms with Crippen molar-refractivity contribution in [2.24, 2.45) is 14.1 Å². The van der Waals surface area contributed by atoms with Gasteiger partial charge < -0.3 is 0 Å². The fourth-order valence-electron chi connectivity index (χ4n) is 2.46. The molecule has 3 rings (SSSR count). The van der Waals surface area contributed by atoms with Crippen LogP contribution in [0.3, 0.4) is 0 Å². The predicted molar refractivity (Wildman–Crippen MR) is 88.6 cm³/mol. The second-order valence-electron chi connectivity index (χ2n) is 5.59. The average Bonchev–Trinajstić information content (AvgIpc) is 3.18. The molecule has 122 valence electrons. The van der Waals surface area contributed by atoms with Gasteiger partial charge in [-0.25, -0.2) is 9.67 Å². The lowest BCUT2D eigenvalue weighted by Gasteiger charge is -2.00. The summed E-state index contributed by atoms with van der Waals surface area (Å²) >= 11 is 6.30. The molecule has 0 fully saturated rings. The van der Waals surface area contributed by atoms with Gasteiger partial charge in [-0.2, -0.15) is 15.3 Å². The van der Waals surface area contributed by atoms with Crippen molar-refractivity contribution in [1.29, 1.82) is 0 Å². The molecule has 3 aromatic heterocycles. The molecule has 0 aliphatic carbocycles. The van der Waals surface area contributed by atoms with Gasteiger partial charge in [0.05, 0.1) is 17.4 Å². The number of aryl methyl sites for hydroxylation is 3. The van der Waals surface area contributed by atoms with E-state index in [-0.39, 0.29) is 0 Å². The van der Waals surface area contributed by atoms with Crippen LogP contribution in [0, 0.1) is 0 Å². The fourth-order valence-corrected chi connectivity index (χ4v) is 2.72. The summed E-state index contributed by atoms with van der Waals surface area (Å²) in [6.07, 6.45) is 9.66. The number of hydrogen-bond donors (Lipinski definition) is 0. The van der Waals surface area contributed by atoms with Crippen molar-refractivity contribution in [3.63, 3.8) is 0 Å². The molecule has 0 aliphatic rings. The molecule has 7 nitrogen and oxygen atoms in total. The van der Waals surface area contributed by atoms with Crippen molar-refractivity contribution in [2.45, 2.75) is 32.6 Å². The summed E-state index contributed by atoms with van der Waals surface area (Å²) in [4.78, 5) is 4.67. The van der Waals surface area contributed by atoms with Crippen molar-refractivity contribution in [1.82, 2.24) is 34.3 Å². The van der Waals surface area contributed by atoms with Crippen LogP contribution in [0.15, 0.2) is 18.6 Å². The van der Waals surface area contributed by atoms with Gasteiger partial charge in [0.1, 0.15) is 11.4 Å². The average molecular weight is 334 g/mol. The van der Waals surface area contributed by atoms with E-state index in [0.29, 0.717) is 16.5 Å². The number of rotatable bonds is 6. The van der Waals surface area contributed by atoms with Gasteiger partial charge in [0.2, 0.25) is 0 Å². The van der Waals surface area contributed by atoms with Crippen molar-refractivity contribution < 1.29 is 0 Å². The minimum Gasteiger partial charge on any atom is -0.274 e. The molecule has 0 aliphatic heterocycles.